The first-order chi connectivity index (χ1) is 9.61. The molecule has 1 heterocycles. The second-order valence-electron chi connectivity index (χ2n) is 4.73. The van der Waals surface area contributed by atoms with Gasteiger partial charge in [-0.15, -0.1) is 0 Å². The molecular weight excluding hydrogens is 254 g/mol. The Bertz CT molecular complexity index is 566. The molecule has 2 aromatic rings. The fourth-order valence-corrected chi connectivity index (χ4v) is 2.08. The normalized spacial score (nSPS) is 12.2. The highest BCUT2D eigenvalue weighted by Gasteiger charge is 2.23. The summed E-state index contributed by atoms with van der Waals surface area (Å²) in [5, 5.41) is 6.80. The number of carbonyl (C=O) groups is 1. The molecule has 0 aliphatic heterocycles. The van der Waals surface area contributed by atoms with Crippen molar-refractivity contribution in [2.45, 2.75) is 19.4 Å². The van der Waals surface area contributed by atoms with E-state index in [1.54, 1.807) is 11.9 Å². The van der Waals surface area contributed by atoms with Gasteiger partial charge in [-0.05, 0) is 12.5 Å². The lowest BCUT2D eigenvalue weighted by Gasteiger charge is -2.22. The van der Waals surface area contributed by atoms with E-state index in [1.165, 1.54) is 0 Å². The van der Waals surface area contributed by atoms with E-state index in [2.05, 4.69) is 15.2 Å². The van der Waals surface area contributed by atoms with Gasteiger partial charge in [-0.1, -0.05) is 30.3 Å². The van der Waals surface area contributed by atoms with E-state index in [9.17, 15) is 4.79 Å². The largest absolute Gasteiger partial charge is 0.338 e. The summed E-state index contributed by atoms with van der Waals surface area (Å²) in [6.07, 6.45) is 0. The van der Waals surface area contributed by atoms with Gasteiger partial charge in [0.05, 0.1) is 12.5 Å². The number of likely N-dealkylation sites (N-methyl/N-ethyl adjacent to an activating group) is 1. The Morgan fingerprint density at radius 2 is 2.10 bits per heavy atom. The van der Waals surface area contributed by atoms with E-state index in [4.69, 9.17) is 5.73 Å². The van der Waals surface area contributed by atoms with Crippen LogP contribution in [0.2, 0.25) is 0 Å². The summed E-state index contributed by atoms with van der Waals surface area (Å²) in [6, 6.07) is 9.57. The highest BCUT2D eigenvalue weighted by Crippen LogP contribution is 2.17. The van der Waals surface area contributed by atoms with E-state index < -0.39 is 0 Å². The number of hydrogen-bond donors (Lipinski definition) is 2. The maximum atomic E-state index is 12.5. The van der Waals surface area contributed by atoms with Gasteiger partial charge in [0.2, 0.25) is 5.91 Å². The Hall–Kier alpha value is -2.21. The lowest BCUT2D eigenvalue weighted by Crippen LogP contribution is -2.35. The summed E-state index contributed by atoms with van der Waals surface area (Å²) >= 11 is 0. The minimum Gasteiger partial charge on any atom is -0.338 e. The van der Waals surface area contributed by atoms with Gasteiger partial charge >= 0.3 is 0 Å². The van der Waals surface area contributed by atoms with Crippen LogP contribution in [0.4, 0.5) is 0 Å². The van der Waals surface area contributed by atoms with Crippen molar-refractivity contribution in [3.63, 3.8) is 0 Å². The number of nitrogens with zero attached hydrogens (tertiary/aromatic N) is 3. The fourth-order valence-electron chi connectivity index (χ4n) is 2.08. The van der Waals surface area contributed by atoms with E-state index in [1.807, 2.05) is 37.3 Å². The second-order valence-corrected chi connectivity index (χ2v) is 4.73. The van der Waals surface area contributed by atoms with E-state index in [-0.39, 0.29) is 18.4 Å². The molecular formula is C14H19N5O. The van der Waals surface area contributed by atoms with Crippen molar-refractivity contribution in [3.8, 4) is 0 Å². The van der Waals surface area contributed by atoms with Crippen molar-refractivity contribution in [1.82, 2.24) is 20.1 Å². The molecule has 1 atom stereocenters. The predicted molar refractivity (Wildman–Crippen MR) is 75.8 cm³/mol. The van der Waals surface area contributed by atoms with Gasteiger partial charge in [-0.3, -0.25) is 9.89 Å². The van der Waals surface area contributed by atoms with Crippen LogP contribution in [0.1, 0.15) is 23.1 Å². The zero-order valence-corrected chi connectivity index (χ0v) is 11.7. The van der Waals surface area contributed by atoms with Crippen LogP contribution in [0, 0.1) is 6.92 Å². The molecule has 0 radical (unpaired) electrons. The summed E-state index contributed by atoms with van der Waals surface area (Å²) in [5.74, 6) is 0.976. The summed E-state index contributed by atoms with van der Waals surface area (Å²) in [7, 11) is 1.74. The first-order valence-corrected chi connectivity index (χ1v) is 6.49. The van der Waals surface area contributed by atoms with Crippen LogP contribution in [0.5, 0.6) is 0 Å². The Labute approximate surface area is 118 Å². The van der Waals surface area contributed by atoms with Gasteiger partial charge in [0.15, 0.2) is 5.82 Å². The molecule has 3 N–H and O–H groups in total. The van der Waals surface area contributed by atoms with Gasteiger partial charge in [0, 0.05) is 13.6 Å². The Kier molecular flexibility index (Phi) is 4.47. The Morgan fingerprint density at radius 1 is 1.40 bits per heavy atom. The van der Waals surface area contributed by atoms with Crippen molar-refractivity contribution in [3.05, 3.63) is 47.5 Å². The standard InChI is InChI=1S/C14H19N5O/c1-10-16-13(18-17-10)9-19(2)14(20)12(8-15)11-6-4-3-5-7-11/h3-7,12H,8-9,15H2,1-2H3,(H,16,17,18). The maximum absolute atomic E-state index is 12.5. The third-order valence-corrected chi connectivity index (χ3v) is 3.13. The number of nitrogens with one attached hydrogen (secondary N) is 1. The minimum atomic E-state index is -0.332. The van der Waals surface area contributed by atoms with Crippen LogP contribution >= 0.6 is 0 Å². The van der Waals surface area contributed by atoms with E-state index in [0.717, 1.165) is 11.4 Å². The maximum Gasteiger partial charge on any atom is 0.231 e. The quantitative estimate of drug-likeness (QED) is 0.844. The number of carbonyl (C=O) groups excluding carboxylic acids is 1. The van der Waals surface area contributed by atoms with Gasteiger partial charge < -0.3 is 10.6 Å². The van der Waals surface area contributed by atoms with Crippen LogP contribution in [-0.4, -0.2) is 39.6 Å². The first kappa shape index (κ1) is 14.2. The number of benzene rings is 1. The van der Waals surface area contributed by atoms with Crippen molar-refractivity contribution >= 4 is 5.91 Å². The number of aromatic nitrogens is 3. The van der Waals surface area contributed by atoms with Gasteiger partial charge in [0.1, 0.15) is 5.82 Å². The highest BCUT2D eigenvalue weighted by atomic mass is 16.2. The van der Waals surface area contributed by atoms with Gasteiger partial charge in [-0.2, -0.15) is 5.10 Å². The average Bonchev–Trinajstić information content (AvgIpc) is 2.86. The molecule has 0 bridgehead atoms. The molecule has 1 amide bonds. The number of rotatable bonds is 5. The molecule has 0 aliphatic carbocycles. The van der Waals surface area contributed by atoms with Crippen LogP contribution < -0.4 is 5.73 Å². The summed E-state index contributed by atoms with van der Waals surface area (Å²) in [6.45, 7) is 2.47. The minimum absolute atomic E-state index is 0.0267. The Morgan fingerprint density at radius 3 is 2.65 bits per heavy atom. The van der Waals surface area contributed by atoms with Crippen molar-refractivity contribution in [2.24, 2.45) is 5.73 Å². The molecule has 2 rings (SSSR count). The van der Waals surface area contributed by atoms with Crippen molar-refractivity contribution in [1.29, 1.82) is 0 Å². The average molecular weight is 273 g/mol. The van der Waals surface area contributed by atoms with Crippen LogP contribution in [0.25, 0.3) is 0 Å². The third kappa shape index (κ3) is 3.21. The predicted octanol–water partition coefficient (Wildman–Crippen LogP) is 0.814. The number of aryl methyl sites for hydroxylation is 1. The van der Waals surface area contributed by atoms with Crippen LogP contribution in [0.3, 0.4) is 0 Å². The molecule has 1 unspecified atom stereocenters. The third-order valence-electron chi connectivity index (χ3n) is 3.13. The van der Waals surface area contributed by atoms with Crippen LogP contribution in [0.15, 0.2) is 30.3 Å². The molecule has 20 heavy (non-hydrogen) atoms. The topological polar surface area (TPSA) is 87.9 Å². The van der Waals surface area contributed by atoms with Crippen LogP contribution in [-0.2, 0) is 11.3 Å². The van der Waals surface area contributed by atoms with Crippen molar-refractivity contribution in [2.75, 3.05) is 13.6 Å². The number of hydrogen-bond acceptors (Lipinski definition) is 4. The zero-order valence-electron chi connectivity index (χ0n) is 11.7. The summed E-state index contributed by atoms with van der Waals surface area (Å²) in [5.41, 5.74) is 6.68. The molecule has 6 nitrogen and oxygen atoms in total. The SMILES string of the molecule is Cc1nc(CN(C)C(=O)C(CN)c2ccccc2)n[nH]1. The summed E-state index contributed by atoms with van der Waals surface area (Å²) < 4.78 is 0. The molecule has 106 valence electrons. The zero-order chi connectivity index (χ0) is 14.5. The number of H-pyrrole nitrogens is 1. The van der Waals surface area contributed by atoms with E-state index in [0.29, 0.717) is 12.4 Å². The van der Waals surface area contributed by atoms with Gasteiger partial charge in [-0.25, -0.2) is 4.98 Å². The smallest absolute Gasteiger partial charge is 0.231 e. The molecule has 0 fully saturated rings. The number of amides is 1. The highest BCUT2D eigenvalue weighted by molar-refractivity contribution is 5.83. The molecule has 0 saturated carbocycles. The molecule has 0 saturated heterocycles. The molecule has 0 aliphatic rings. The lowest BCUT2D eigenvalue weighted by molar-refractivity contribution is -0.131. The Balaban J connectivity index is 2.08. The number of nitrogens with two attached hydrogens (primary N) is 1. The van der Waals surface area contributed by atoms with Crippen molar-refractivity contribution < 1.29 is 4.79 Å². The molecule has 1 aromatic carbocycles. The monoisotopic (exact) mass is 273 g/mol. The molecule has 6 heteroatoms. The fraction of sp³-hybridized carbons (Fsp3) is 0.357. The molecule has 0 spiro atoms. The summed E-state index contributed by atoms with van der Waals surface area (Å²) in [4.78, 5) is 18.3. The van der Waals surface area contributed by atoms with E-state index >= 15 is 0 Å². The first-order valence-electron chi connectivity index (χ1n) is 6.49. The molecule has 1 aromatic heterocycles. The van der Waals surface area contributed by atoms with Gasteiger partial charge in [0.25, 0.3) is 0 Å². The number of aromatic amines is 1. The second kappa shape index (κ2) is 6.29. The lowest BCUT2D eigenvalue weighted by atomic mass is 9.98.